The third-order valence-electron chi connectivity index (χ3n) is 7.04. The van der Waals surface area contributed by atoms with Crippen LogP contribution in [0, 0.1) is 23.7 Å². The second kappa shape index (κ2) is 10.3. The maximum atomic E-state index is 12.8. The van der Waals surface area contributed by atoms with Crippen LogP contribution in [0.25, 0.3) is 0 Å². The predicted molar refractivity (Wildman–Crippen MR) is 114 cm³/mol. The summed E-state index contributed by atoms with van der Waals surface area (Å²) >= 11 is 0. The van der Waals surface area contributed by atoms with Crippen molar-refractivity contribution in [3.05, 3.63) is 35.4 Å². The molecule has 0 heterocycles. The molecule has 1 aromatic carbocycles. The number of aliphatic carboxylic acids is 1. The predicted octanol–water partition coefficient (Wildman–Crippen LogP) is 5.42. The van der Waals surface area contributed by atoms with Crippen LogP contribution >= 0.6 is 0 Å². The van der Waals surface area contributed by atoms with Gasteiger partial charge in [0.1, 0.15) is 6.10 Å². The van der Waals surface area contributed by atoms with Crippen LogP contribution in [-0.2, 0) is 27.2 Å². The van der Waals surface area contributed by atoms with E-state index in [0.29, 0.717) is 11.8 Å². The summed E-state index contributed by atoms with van der Waals surface area (Å²) in [5.41, 5.74) is 1.64. The summed E-state index contributed by atoms with van der Waals surface area (Å²) in [6.45, 7) is 4.65. The lowest BCUT2D eigenvalue weighted by Crippen LogP contribution is -2.38. The average Bonchev–Trinajstić information content (AvgIpc) is 2.69. The summed E-state index contributed by atoms with van der Waals surface area (Å²) in [7, 11) is 0. The molecule has 0 amide bonds. The van der Waals surface area contributed by atoms with E-state index < -0.39 is 5.97 Å². The van der Waals surface area contributed by atoms with E-state index in [1.165, 1.54) is 51.4 Å². The van der Waals surface area contributed by atoms with Gasteiger partial charge in [-0.25, -0.2) is 0 Å². The zero-order valence-corrected chi connectivity index (χ0v) is 17.9. The van der Waals surface area contributed by atoms with Crippen molar-refractivity contribution in [2.24, 2.45) is 23.7 Å². The van der Waals surface area contributed by atoms with Crippen LogP contribution in [-0.4, -0.2) is 23.1 Å². The second-order valence-corrected chi connectivity index (χ2v) is 9.56. The molecule has 3 rings (SSSR count). The molecule has 2 aliphatic rings. The Morgan fingerprint density at radius 3 is 1.66 bits per heavy atom. The molecule has 0 bridgehead atoms. The standard InChI is InChI=1S/C25H36O4/c1-17-3-11-21(12-4-17)25(22-13-5-18(2)6-14-22)29-24(28)16-20-9-7-19(8-10-20)15-23(26)27/h7-10,17-18,21-22,25H,3-6,11-16H2,1-2H3,(H,26,27). The number of carboxylic acid groups (broad SMARTS) is 1. The Morgan fingerprint density at radius 1 is 0.828 bits per heavy atom. The third-order valence-corrected chi connectivity index (χ3v) is 7.04. The fourth-order valence-electron chi connectivity index (χ4n) is 5.12. The molecule has 2 saturated carbocycles. The van der Waals surface area contributed by atoms with Gasteiger partial charge in [0.15, 0.2) is 0 Å². The van der Waals surface area contributed by atoms with Crippen LogP contribution in [0.4, 0.5) is 0 Å². The molecule has 0 spiro atoms. The minimum absolute atomic E-state index is 0.00695. The highest BCUT2D eigenvalue weighted by atomic mass is 16.5. The molecule has 0 radical (unpaired) electrons. The fraction of sp³-hybridized carbons (Fsp3) is 0.680. The van der Waals surface area contributed by atoms with Crippen LogP contribution in [0.5, 0.6) is 0 Å². The smallest absolute Gasteiger partial charge is 0.310 e. The monoisotopic (exact) mass is 400 g/mol. The maximum Gasteiger partial charge on any atom is 0.310 e. The van der Waals surface area contributed by atoms with Crippen molar-refractivity contribution in [2.75, 3.05) is 0 Å². The zero-order chi connectivity index (χ0) is 20.8. The number of carbonyl (C=O) groups excluding carboxylic acids is 1. The fourth-order valence-corrected chi connectivity index (χ4v) is 5.12. The van der Waals surface area contributed by atoms with Gasteiger partial charge in [-0.15, -0.1) is 0 Å². The Labute approximate surface area is 175 Å². The summed E-state index contributed by atoms with van der Waals surface area (Å²) in [6, 6.07) is 7.27. The van der Waals surface area contributed by atoms with E-state index in [4.69, 9.17) is 9.84 Å². The van der Waals surface area contributed by atoms with Gasteiger partial charge < -0.3 is 9.84 Å². The molecule has 29 heavy (non-hydrogen) atoms. The molecule has 2 fully saturated rings. The third kappa shape index (κ3) is 6.58. The van der Waals surface area contributed by atoms with Gasteiger partial charge in [0, 0.05) is 0 Å². The SMILES string of the molecule is CC1CCC(C(OC(=O)Cc2ccc(CC(=O)O)cc2)C2CCC(C)CC2)CC1. The first-order valence-electron chi connectivity index (χ1n) is 11.4. The number of hydrogen-bond acceptors (Lipinski definition) is 3. The molecule has 4 heteroatoms. The molecule has 0 unspecified atom stereocenters. The number of ether oxygens (including phenoxy) is 1. The van der Waals surface area contributed by atoms with E-state index >= 15 is 0 Å². The summed E-state index contributed by atoms with van der Waals surface area (Å²) in [6.07, 6.45) is 10.0. The zero-order valence-electron chi connectivity index (χ0n) is 17.9. The van der Waals surface area contributed by atoms with E-state index in [2.05, 4.69) is 13.8 Å². The largest absolute Gasteiger partial charge is 0.481 e. The van der Waals surface area contributed by atoms with Gasteiger partial charge in [0.2, 0.25) is 0 Å². The van der Waals surface area contributed by atoms with E-state index in [1.54, 1.807) is 12.1 Å². The van der Waals surface area contributed by atoms with E-state index in [9.17, 15) is 9.59 Å². The van der Waals surface area contributed by atoms with Gasteiger partial charge in [-0.3, -0.25) is 9.59 Å². The number of hydrogen-bond donors (Lipinski definition) is 1. The highest BCUT2D eigenvalue weighted by molar-refractivity contribution is 5.73. The van der Waals surface area contributed by atoms with Crippen LogP contribution in [0.1, 0.15) is 76.3 Å². The Hall–Kier alpha value is -1.84. The number of carbonyl (C=O) groups is 2. The molecule has 0 atom stereocenters. The van der Waals surface area contributed by atoms with Crippen LogP contribution in [0.3, 0.4) is 0 Å². The number of rotatable bonds is 7. The Balaban J connectivity index is 1.61. The second-order valence-electron chi connectivity index (χ2n) is 9.56. The van der Waals surface area contributed by atoms with Gasteiger partial charge in [-0.1, -0.05) is 63.8 Å². The molecule has 4 nitrogen and oxygen atoms in total. The van der Waals surface area contributed by atoms with E-state index in [-0.39, 0.29) is 24.9 Å². The lowest BCUT2D eigenvalue weighted by molar-refractivity contribution is -0.157. The van der Waals surface area contributed by atoms with Gasteiger partial charge >= 0.3 is 11.9 Å². The molecular formula is C25H36O4. The van der Waals surface area contributed by atoms with Crippen LogP contribution in [0.15, 0.2) is 24.3 Å². The first-order chi connectivity index (χ1) is 13.9. The first kappa shape index (κ1) is 21.9. The molecule has 160 valence electrons. The molecule has 0 saturated heterocycles. The number of esters is 1. The molecule has 0 aliphatic heterocycles. The topological polar surface area (TPSA) is 63.6 Å². The van der Waals surface area contributed by atoms with E-state index in [1.807, 2.05) is 12.1 Å². The van der Waals surface area contributed by atoms with Crippen molar-refractivity contribution >= 4 is 11.9 Å². The molecule has 2 aliphatic carbocycles. The van der Waals surface area contributed by atoms with Gasteiger partial charge in [0.25, 0.3) is 0 Å². The number of carboxylic acids is 1. The van der Waals surface area contributed by atoms with Crippen molar-refractivity contribution in [3.8, 4) is 0 Å². The normalized spacial score (nSPS) is 28.5. The van der Waals surface area contributed by atoms with Crippen molar-refractivity contribution < 1.29 is 19.4 Å². The molecule has 1 aromatic rings. The summed E-state index contributed by atoms with van der Waals surface area (Å²) in [4.78, 5) is 23.6. The molecular weight excluding hydrogens is 364 g/mol. The first-order valence-corrected chi connectivity index (χ1v) is 11.4. The Bertz CT molecular complexity index is 643. The minimum Gasteiger partial charge on any atom is -0.481 e. The minimum atomic E-state index is -0.844. The summed E-state index contributed by atoms with van der Waals surface area (Å²) in [5.74, 6) is 1.61. The summed E-state index contributed by atoms with van der Waals surface area (Å²) in [5, 5.41) is 8.89. The maximum absolute atomic E-state index is 12.8. The summed E-state index contributed by atoms with van der Waals surface area (Å²) < 4.78 is 6.17. The lowest BCUT2D eigenvalue weighted by Gasteiger charge is -2.39. The number of benzene rings is 1. The Morgan fingerprint density at radius 2 is 1.24 bits per heavy atom. The highest BCUT2D eigenvalue weighted by Crippen LogP contribution is 2.40. The van der Waals surface area contributed by atoms with Crippen molar-refractivity contribution in [1.82, 2.24) is 0 Å². The average molecular weight is 401 g/mol. The van der Waals surface area contributed by atoms with Gasteiger partial charge in [-0.2, -0.15) is 0 Å². The Kier molecular flexibility index (Phi) is 7.74. The van der Waals surface area contributed by atoms with Crippen LogP contribution in [0.2, 0.25) is 0 Å². The van der Waals surface area contributed by atoms with E-state index in [0.717, 1.165) is 23.0 Å². The van der Waals surface area contributed by atoms with Gasteiger partial charge in [-0.05, 0) is 60.5 Å². The highest BCUT2D eigenvalue weighted by Gasteiger charge is 2.36. The molecule has 1 N–H and O–H groups in total. The van der Waals surface area contributed by atoms with Crippen molar-refractivity contribution in [3.63, 3.8) is 0 Å². The lowest BCUT2D eigenvalue weighted by atomic mass is 9.72. The van der Waals surface area contributed by atoms with Crippen molar-refractivity contribution in [1.29, 1.82) is 0 Å². The van der Waals surface area contributed by atoms with Crippen molar-refractivity contribution in [2.45, 2.75) is 84.2 Å². The molecule has 0 aromatic heterocycles. The van der Waals surface area contributed by atoms with Crippen LogP contribution < -0.4 is 0 Å². The quantitative estimate of drug-likeness (QED) is 0.621. The van der Waals surface area contributed by atoms with Gasteiger partial charge in [0.05, 0.1) is 12.8 Å².